The van der Waals surface area contributed by atoms with Crippen LogP contribution in [0.3, 0.4) is 0 Å². The first kappa shape index (κ1) is 11.2. The lowest BCUT2D eigenvalue weighted by Crippen LogP contribution is -1.99. The molecule has 0 aliphatic rings. The van der Waals surface area contributed by atoms with Gasteiger partial charge in [0.25, 0.3) is 0 Å². The highest BCUT2D eigenvalue weighted by atomic mass is 16.3. The summed E-state index contributed by atoms with van der Waals surface area (Å²) >= 11 is 0. The van der Waals surface area contributed by atoms with Crippen LogP contribution in [0.1, 0.15) is 45.3 Å². The highest BCUT2D eigenvalue weighted by Gasteiger charge is 2.10. The topological polar surface area (TPSA) is 38.0 Å². The van der Waals surface area contributed by atoms with E-state index in [9.17, 15) is 5.11 Å². The zero-order valence-electron chi connectivity index (χ0n) is 9.27. The predicted octanol–water partition coefficient (Wildman–Crippen LogP) is 2.37. The zero-order chi connectivity index (χ0) is 10.6. The van der Waals surface area contributed by atoms with Gasteiger partial charge in [0.2, 0.25) is 0 Å². The molecule has 1 atom stereocenters. The number of aliphatic hydroxyl groups excluding tert-OH is 1. The van der Waals surface area contributed by atoms with E-state index in [0.29, 0.717) is 5.92 Å². The summed E-state index contributed by atoms with van der Waals surface area (Å²) in [6.07, 6.45) is 5.21. The molecule has 3 nitrogen and oxygen atoms in total. The molecular formula is C11H20N2O. The fourth-order valence-electron chi connectivity index (χ4n) is 1.38. The quantitative estimate of drug-likeness (QED) is 0.785. The second kappa shape index (κ2) is 5.15. The van der Waals surface area contributed by atoms with Crippen LogP contribution >= 0.6 is 0 Å². The summed E-state index contributed by atoms with van der Waals surface area (Å²) < 4.78 is 1.84. The molecule has 1 N–H and O–H groups in total. The van der Waals surface area contributed by atoms with Crippen molar-refractivity contribution in [1.29, 1.82) is 0 Å². The minimum absolute atomic E-state index is 0.349. The van der Waals surface area contributed by atoms with Gasteiger partial charge in [0.1, 0.15) is 0 Å². The summed E-state index contributed by atoms with van der Waals surface area (Å²) in [6.45, 7) is 7.23. The third-order valence-electron chi connectivity index (χ3n) is 2.38. The van der Waals surface area contributed by atoms with Gasteiger partial charge in [-0.1, -0.05) is 13.8 Å². The third kappa shape index (κ3) is 3.14. The Hall–Kier alpha value is -0.830. The maximum absolute atomic E-state index is 9.82. The Morgan fingerprint density at radius 3 is 2.64 bits per heavy atom. The van der Waals surface area contributed by atoms with Gasteiger partial charge in [-0.15, -0.1) is 0 Å². The molecule has 1 aromatic heterocycles. The lowest BCUT2D eigenvalue weighted by atomic mass is 10.0. The highest BCUT2D eigenvalue weighted by molar-refractivity contribution is 5.07. The molecule has 0 bridgehead atoms. The number of hydrogen-bond acceptors (Lipinski definition) is 2. The molecule has 0 amide bonds. The highest BCUT2D eigenvalue weighted by Crippen LogP contribution is 2.19. The largest absolute Gasteiger partial charge is 0.388 e. The summed E-state index contributed by atoms with van der Waals surface area (Å²) in [4.78, 5) is 0. The van der Waals surface area contributed by atoms with Crippen LogP contribution in [0.2, 0.25) is 0 Å². The molecule has 1 aromatic rings. The molecule has 0 aromatic carbocycles. The van der Waals surface area contributed by atoms with Crippen LogP contribution in [0.4, 0.5) is 0 Å². The lowest BCUT2D eigenvalue weighted by molar-refractivity contribution is 0.159. The Labute approximate surface area is 85.8 Å². The van der Waals surface area contributed by atoms with Gasteiger partial charge in [0, 0.05) is 18.3 Å². The minimum Gasteiger partial charge on any atom is -0.388 e. The summed E-state index contributed by atoms with van der Waals surface area (Å²) in [6, 6.07) is 0. The SMILES string of the molecule is CCn1cc(C(O)CCC(C)C)cn1. The van der Waals surface area contributed by atoms with E-state index in [4.69, 9.17) is 0 Å². The number of aromatic nitrogens is 2. The van der Waals surface area contributed by atoms with Crippen LogP contribution in [0, 0.1) is 5.92 Å². The first-order chi connectivity index (χ1) is 6.63. The van der Waals surface area contributed by atoms with E-state index in [2.05, 4.69) is 18.9 Å². The van der Waals surface area contributed by atoms with Gasteiger partial charge < -0.3 is 5.11 Å². The molecule has 0 radical (unpaired) electrons. The molecule has 1 rings (SSSR count). The smallest absolute Gasteiger partial charge is 0.0820 e. The molecule has 1 unspecified atom stereocenters. The zero-order valence-corrected chi connectivity index (χ0v) is 9.27. The molecule has 0 aliphatic heterocycles. The molecule has 0 saturated carbocycles. The maximum atomic E-state index is 9.82. The van der Waals surface area contributed by atoms with Crippen LogP contribution in [0.15, 0.2) is 12.4 Å². The van der Waals surface area contributed by atoms with Gasteiger partial charge >= 0.3 is 0 Å². The second-order valence-corrected chi connectivity index (χ2v) is 4.12. The Bertz CT molecular complexity index is 268. The summed E-state index contributed by atoms with van der Waals surface area (Å²) in [7, 11) is 0. The Morgan fingerprint density at radius 1 is 1.43 bits per heavy atom. The summed E-state index contributed by atoms with van der Waals surface area (Å²) in [5.41, 5.74) is 0.938. The molecule has 14 heavy (non-hydrogen) atoms. The van der Waals surface area contributed by atoms with Crippen molar-refractivity contribution in [2.75, 3.05) is 0 Å². The first-order valence-electron chi connectivity index (χ1n) is 5.34. The Kier molecular flexibility index (Phi) is 4.14. The van der Waals surface area contributed by atoms with Crippen molar-refractivity contribution >= 4 is 0 Å². The van der Waals surface area contributed by atoms with Gasteiger partial charge in [-0.2, -0.15) is 5.10 Å². The van der Waals surface area contributed by atoms with Gasteiger partial charge in [-0.3, -0.25) is 4.68 Å². The minimum atomic E-state index is -0.349. The van der Waals surface area contributed by atoms with Gasteiger partial charge in [0.05, 0.1) is 12.3 Å². The van der Waals surface area contributed by atoms with E-state index in [1.54, 1.807) is 6.20 Å². The average molecular weight is 196 g/mol. The molecule has 0 spiro atoms. The average Bonchev–Trinajstić information content (AvgIpc) is 2.62. The lowest BCUT2D eigenvalue weighted by Gasteiger charge is -2.09. The molecule has 0 saturated heterocycles. The summed E-state index contributed by atoms with van der Waals surface area (Å²) in [5.74, 6) is 0.644. The normalized spacial score (nSPS) is 13.5. The van der Waals surface area contributed by atoms with E-state index >= 15 is 0 Å². The van der Waals surface area contributed by atoms with Gasteiger partial charge in [-0.25, -0.2) is 0 Å². The second-order valence-electron chi connectivity index (χ2n) is 4.12. The molecular weight excluding hydrogens is 176 g/mol. The number of rotatable bonds is 5. The van der Waals surface area contributed by atoms with Gasteiger partial charge in [0.15, 0.2) is 0 Å². The van der Waals surface area contributed by atoms with Crippen molar-refractivity contribution in [3.8, 4) is 0 Å². The fourth-order valence-corrected chi connectivity index (χ4v) is 1.38. The van der Waals surface area contributed by atoms with Gasteiger partial charge in [-0.05, 0) is 25.7 Å². The van der Waals surface area contributed by atoms with Crippen molar-refractivity contribution < 1.29 is 5.11 Å². The van der Waals surface area contributed by atoms with Crippen molar-refractivity contribution in [1.82, 2.24) is 9.78 Å². The Morgan fingerprint density at radius 2 is 2.14 bits per heavy atom. The molecule has 1 heterocycles. The van der Waals surface area contributed by atoms with E-state index in [0.717, 1.165) is 24.9 Å². The van der Waals surface area contributed by atoms with Crippen LogP contribution in [0.25, 0.3) is 0 Å². The van der Waals surface area contributed by atoms with Crippen LogP contribution < -0.4 is 0 Å². The van der Waals surface area contributed by atoms with Crippen molar-refractivity contribution in [2.24, 2.45) is 5.92 Å². The van der Waals surface area contributed by atoms with Crippen molar-refractivity contribution in [3.05, 3.63) is 18.0 Å². The number of hydrogen-bond donors (Lipinski definition) is 1. The molecule has 3 heteroatoms. The number of aryl methyl sites for hydroxylation is 1. The predicted molar refractivity (Wildman–Crippen MR) is 56.9 cm³/mol. The van der Waals surface area contributed by atoms with Crippen LogP contribution in [-0.4, -0.2) is 14.9 Å². The van der Waals surface area contributed by atoms with Crippen LogP contribution in [-0.2, 0) is 6.54 Å². The third-order valence-corrected chi connectivity index (χ3v) is 2.38. The fraction of sp³-hybridized carbons (Fsp3) is 0.727. The molecule has 0 aliphatic carbocycles. The van der Waals surface area contributed by atoms with Crippen LogP contribution in [0.5, 0.6) is 0 Å². The molecule has 0 fully saturated rings. The van der Waals surface area contributed by atoms with Crippen molar-refractivity contribution in [2.45, 2.75) is 46.3 Å². The molecule has 80 valence electrons. The maximum Gasteiger partial charge on any atom is 0.0820 e. The van der Waals surface area contributed by atoms with E-state index in [-0.39, 0.29) is 6.10 Å². The number of aliphatic hydroxyl groups is 1. The summed E-state index contributed by atoms with van der Waals surface area (Å²) in [5, 5.41) is 14.0. The number of nitrogens with zero attached hydrogens (tertiary/aromatic N) is 2. The van der Waals surface area contributed by atoms with E-state index < -0.39 is 0 Å². The standard InChI is InChI=1S/C11H20N2O/c1-4-13-8-10(7-12-13)11(14)6-5-9(2)3/h7-9,11,14H,4-6H2,1-3H3. The Balaban J connectivity index is 2.47. The monoisotopic (exact) mass is 196 g/mol. The van der Waals surface area contributed by atoms with E-state index in [1.807, 2.05) is 17.8 Å². The first-order valence-corrected chi connectivity index (χ1v) is 5.34. The van der Waals surface area contributed by atoms with E-state index in [1.165, 1.54) is 0 Å². The van der Waals surface area contributed by atoms with Crippen molar-refractivity contribution in [3.63, 3.8) is 0 Å².